The molecule has 0 aliphatic rings. The summed E-state index contributed by atoms with van der Waals surface area (Å²) >= 11 is 0. The zero-order valence-corrected chi connectivity index (χ0v) is 17.7. The minimum atomic E-state index is -0.275. The molecule has 0 fully saturated rings. The monoisotopic (exact) mass is 406 g/mol. The molecular formula is C20H38O8. The summed E-state index contributed by atoms with van der Waals surface area (Å²) in [6, 6.07) is 0. The van der Waals surface area contributed by atoms with Gasteiger partial charge in [0.1, 0.15) is 13.2 Å². The molecule has 0 aromatic heterocycles. The minimum Gasteiger partial charge on any atom is -0.463 e. The van der Waals surface area contributed by atoms with Crippen molar-refractivity contribution in [2.24, 2.45) is 5.92 Å². The van der Waals surface area contributed by atoms with Crippen molar-refractivity contribution in [3.05, 3.63) is 0 Å². The Hall–Kier alpha value is -1.22. The molecule has 0 spiro atoms. The van der Waals surface area contributed by atoms with Gasteiger partial charge >= 0.3 is 11.9 Å². The van der Waals surface area contributed by atoms with Crippen LogP contribution < -0.4 is 0 Å². The largest absolute Gasteiger partial charge is 0.463 e. The molecule has 8 nitrogen and oxygen atoms in total. The van der Waals surface area contributed by atoms with Crippen LogP contribution in [0.3, 0.4) is 0 Å². The van der Waals surface area contributed by atoms with E-state index < -0.39 is 0 Å². The SMILES string of the molecule is CCOCCOCCOC(=O)CCC(CC)CC(=O)OCCOCCOCC. The van der Waals surface area contributed by atoms with Gasteiger partial charge in [-0.15, -0.1) is 0 Å². The molecule has 0 saturated carbocycles. The van der Waals surface area contributed by atoms with Crippen molar-refractivity contribution in [2.45, 2.75) is 46.5 Å². The Labute approximate surface area is 169 Å². The fourth-order valence-electron chi connectivity index (χ4n) is 2.30. The van der Waals surface area contributed by atoms with Gasteiger partial charge in [-0.25, -0.2) is 0 Å². The quantitative estimate of drug-likeness (QED) is 0.225. The number of carbonyl (C=O) groups excluding carboxylic acids is 2. The maximum absolute atomic E-state index is 11.9. The highest BCUT2D eigenvalue weighted by molar-refractivity contribution is 5.71. The van der Waals surface area contributed by atoms with E-state index in [-0.39, 0.29) is 37.5 Å². The highest BCUT2D eigenvalue weighted by atomic mass is 16.6. The molecule has 0 bridgehead atoms. The summed E-state index contributed by atoms with van der Waals surface area (Å²) in [5.41, 5.74) is 0. The average Bonchev–Trinajstić information content (AvgIpc) is 2.69. The fraction of sp³-hybridized carbons (Fsp3) is 0.900. The van der Waals surface area contributed by atoms with Crippen LogP contribution >= 0.6 is 0 Å². The Balaban J connectivity index is 3.67. The first-order valence-corrected chi connectivity index (χ1v) is 10.3. The van der Waals surface area contributed by atoms with Crippen LogP contribution in [0.1, 0.15) is 46.5 Å². The predicted octanol–water partition coefficient (Wildman–Crippen LogP) is 2.38. The first kappa shape index (κ1) is 26.8. The van der Waals surface area contributed by atoms with E-state index in [1.54, 1.807) is 0 Å². The lowest BCUT2D eigenvalue weighted by atomic mass is 9.97. The van der Waals surface area contributed by atoms with Gasteiger partial charge in [-0.2, -0.15) is 0 Å². The normalized spacial score (nSPS) is 12.0. The van der Waals surface area contributed by atoms with Crippen LogP contribution in [-0.2, 0) is 38.0 Å². The topological polar surface area (TPSA) is 89.5 Å². The van der Waals surface area contributed by atoms with Crippen molar-refractivity contribution in [3.63, 3.8) is 0 Å². The highest BCUT2D eigenvalue weighted by Gasteiger charge is 2.15. The third kappa shape index (κ3) is 18.2. The molecule has 1 unspecified atom stereocenters. The van der Waals surface area contributed by atoms with E-state index in [1.165, 1.54) is 0 Å². The molecule has 0 saturated heterocycles. The molecule has 0 amide bonds. The fourth-order valence-corrected chi connectivity index (χ4v) is 2.30. The van der Waals surface area contributed by atoms with Gasteiger partial charge in [-0.3, -0.25) is 9.59 Å². The van der Waals surface area contributed by atoms with Crippen molar-refractivity contribution in [2.75, 3.05) is 66.1 Å². The Kier molecular flexibility index (Phi) is 19.6. The van der Waals surface area contributed by atoms with Gasteiger partial charge < -0.3 is 28.4 Å². The van der Waals surface area contributed by atoms with E-state index in [9.17, 15) is 9.59 Å². The minimum absolute atomic E-state index is 0.0985. The second-order valence-corrected chi connectivity index (χ2v) is 6.08. The van der Waals surface area contributed by atoms with E-state index in [0.29, 0.717) is 65.7 Å². The third-order valence-electron chi connectivity index (χ3n) is 3.92. The first-order valence-electron chi connectivity index (χ1n) is 10.3. The Bertz CT molecular complexity index is 375. The van der Waals surface area contributed by atoms with Gasteiger partial charge in [0.2, 0.25) is 0 Å². The Morgan fingerprint density at radius 2 is 1.11 bits per heavy atom. The number of hydrogen-bond acceptors (Lipinski definition) is 8. The Morgan fingerprint density at radius 1 is 0.643 bits per heavy atom. The predicted molar refractivity (Wildman–Crippen MR) is 104 cm³/mol. The molecule has 0 heterocycles. The standard InChI is InChI=1S/C20H38O8/c1-4-18(17-20(22)28-16-14-26-12-10-24-6-3)7-8-19(21)27-15-13-25-11-9-23-5-2/h18H,4-17H2,1-3H3. The summed E-state index contributed by atoms with van der Waals surface area (Å²) in [7, 11) is 0. The van der Waals surface area contributed by atoms with Crippen LogP contribution in [0.5, 0.6) is 0 Å². The van der Waals surface area contributed by atoms with Crippen molar-refractivity contribution in [1.82, 2.24) is 0 Å². The molecule has 0 rings (SSSR count). The van der Waals surface area contributed by atoms with Crippen molar-refractivity contribution in [1.29, 1.82) is 0 Å². The van der Waals surface area contributed by atoms with Gasteiger partial charge in [0.15, 0.2) is 0 Å². The molecule has 0 N–H and O–H groups in total. The summed E-state index contributed by atoms with van der Waals surface area (Å²) < 4.78 is 31.1. The number of ether oxygens (including phenoxy) is 6. The summed E-state index contributed by atoms with van der Waals surface area (Å²) in [5.74, 6) is -0.444. The molecule has 0 radical (unpaired) electrons. The first-order chi connectivity index (χ1) is 13.6. The van der Waals surface area contributed by atoms with E-state index >= 15 is 0 Å². The van der Waals surface area contributed by atoms with Gasteiger partial charge in [0.05, 0.1) is 39.6 Å². The van der Waals surface area contributed by atoms with E-state index in [4.69, 9.17) is 28.4 Å². The number of rotatable bonds is 20. The lowest BCUT2D eigenvalue weighted by molar-refractivity contribution is -0.148. The summed E-state index contributed by atoms with van der Waals surface area (Å²) in [5, 5.41) is 0. The maximum atomic E-state index is 11.9. The zero-order valence-electron chi connectivity index (χ0n) is 17.7. The van der Waals surface area contributed by atoms with E-state index in [2.05, 4.69) is 0 Å². The summed E-state index contributed by atoms with van der Waals surface area (Å²) in [6.07, 6.45) is 1.98. The number of hydrogen-bond donors (Lipinski definition) is 0. The van der Waals surface area contributed by atoms with Crippen molar-refractivity contribution < 1.29 is 38.0 Å². The molecule has 1 atom stereocenters. The molecule has 166 valence electrons. The highest BCUT2D eigenvalue weighted by Crippen LogP contribution is 2.16. The maximum Gasteiger partial charge on any atom is 0.306 e. The van der Waals surface area contributed by atoms with Gasteiger partial charge in [-0.1, -0.05) is 13.3 Å². The van der Waals surface area contributed by atoms with Crippen molar-refractivity contribution in [3.8, 4) is 0 Å². The molecule has 8 heteroatoms. The molecule has 0 aliphatic heterocycles. The zero-order chi connectivity index (χ0) is 20.9. The molecule has 0 aromatic rings. The Morgan fingerprint density at radius 3 is 1.61 bits per heavy atom. The van der Waals surface area contributed by atoms with Gasteiger partial charge in [0.25, 0.3) is 0 Å². The van der Waals surface area contributed by atoms with Crippen LogP contribution in [0, 0.1) is 5.92 Å². The van der Waals surface area contributed by atoms with E-state index in [0.717, 1.165) is 6.42 Å². The van der Waals surface area contributed by atoms with Crippen LogP contribution in [0.15, 0.2) is 0 Å². The van der Waals surface area contributed by atoms with Crippen LogP contribution in [0.2, 0.25) is 0 Å². The summed E-state index contributed by atoms with van der Waals surface area (Å²) in [4.78, 5) is 23.6. The van der Waals surface area contributed by atoms with Crippen molar-refractivity contribution >= 4 is 11.9 Å². The smallest absolute Gasteiger partial charge is 0.306 e. The second-order valence-electron chi connectivity index (χ2n) is 6.08. The summed E-state index contributed by atoms with van der Waals surface area (Å²) in [6.45, 7) is 10.4. The number of carbonyl (C=O) groups is 2. The second kappa shape index (κ2) is 20.5. The third-order valence-corrected chi connectivity index (χ3v) is 3.92. The van der Waals surface area contributed by atoms with Crippen LogP contribution in [0.4, 0.5) is 0 Å². The number of esters is 2. The molecule has 28 heavy (non-hydrogen) atoms. The average molecular weight is 407 g/mol. The lowest BCUT2D eigenvalue weighted by Gasteiger charge is -2.14. The van der Waals surface area contributed by atoms with Gasteiger partial charge in [0, 0.05) is 26.1 Å². The molecule has 0 aliphatic carbocycles. The lowest BCUT2D eigenvalue weighted by Crippen LogP contribution is -2.17. The van der Waals surface area contributed by atoms with E-state index in [1.807, 2.05) is 20.8 Å². The van der Waals surface area contributed by atoms with Gasteiger partial charge in [-0.05, 0) is 26.2 Å². The van der Waals surface area contributed by atoms with Crippen LogP contribution in [0.25, 0.3) is 0 Å². The van der Waals surface area contributed by atoms with Crippen LogP contribution in [-0.4, -0.2) is 78.0 Å². The molecular weight excluding hydrogens is 368 g/mol. The molecule has 0 aromatic carbocycles.